The molecule has 2 aromatic heterocycles. The molecule has 2 heterocycles. The van der Waals surface area contributed by atoms with Gasteiger partial charge in [0.1, 0.15) is 11.2 Å². The number of fused-ring (bicyclic) bond motifs is 6. The van der Waals surface area contributed by atoms with Gasteiger partial charge in [0.05, 0.1) is 17.2 Å². The molecule has 7 aromatic carbocycles. The maximum atomic E-state index is 9.29. The SMILES string of the molecule is CC1(C)c2ccccc2-c2cc(-c3nc(-c4ccccc4)nc(-c4c(-c5ccc(-c6ccc(C#N)cc6)cc5)ccc5c4oc4ccccc45)n3)ccc21. The van der Waals surface area contributed by atoms with Crippen LogP contribution in [0.2, 0.25) is 0 Å². The number of para-hydroxylation sites is 1. The predicted molar refractivity (Wildman–Crippen MR) is 217 cm³/mol. The standard InChI is InChI=1S/C49H32N4O/c1-49(2)41-14-8-6-12-37(41)40-28-35(24-27-42(40)49)47-51-46(34-10-4-3-5-11-34)52-48(53-47)44-36(25-26-39-38-13-7-9-15-43(38)54-45(39)44)33-22-20-32(21-23-33)31-18-16-30(29-50)17-19-31/h3-28H,1-2H3. The first-order chi connectivity index (χ1) is 26.5. The van der Waals surface area contributed by atoms with Crippen molar-refractivity contribution in [3.05, 3.63) is 174 Å². The Morgan fingerprint density at radius 1 is 0.481 bits per heavy atom. The second kappa shape index (κ2) is 12.2. The molecule has 5 heteroatoms. The van der Waals surface area contributed by atoms with Gasteiger partial charge < -0.3 is 4.42 Å². The van der Waals surface area contributed by atoms with Crippen LogP contribution in [-0.2, 0) is 5.41 Å². The van der Waals surface area contributed by atoms with Crippen molar-refractivity contribution >= 4 is 21.9 Å². The van der Waals surface area contributed by atoms with Crippen LogP contribution in [0.1, 0.15) is 30.5 Å². The maximum absolute atomic E-state index is 9.29. The van der Waals surface area contributed by atoms with E-state index in [1.54, 1.807) is 0 Å². The van der Waals surface area contributed by atoms with Crippen LogP contribution in [-0.4, -0.2) is 15.0 Å². The van der Waals surface area contributed by atoms with Crippen LogP contribution < -0.4 is 0 Å². The van der Waals surface area contributed by atoms with Crippen LogP contribution in [0.4, 0.5) is 0 Å². The lowest BCUT2D eigenvalue weighted by Gasteiger charge is -2.21. The first kappa shape index (κ1) is 31.6. The number of hydrogen-bond acceptors (Lipinski definition) is 5. The third-order valence-corrected chi connectivity index (χ3v) is 10.8. The van der Waals surface area contributed by atoms with Crippen LogP contribution in [0.3, 0.4) is 0 Å². The van der Waals surface area contributed by atoms with Crippen molar-refractivity contribution in [1.29, 1.82) is 5.26 Å². The first-order valence-corrected chi connectivity index (χ1v) is 18.1. The summed E-state index contributed by atoms with van der Waals surface area (Å²) in [5.41, 5.74) is 13.8. The molecular formula is C49H32N4O. The lowest BCUT2D eigenvalue weighted by atomic mass is 9.82. The lowest BCUT2D eigenvalue weighted by molar-refractivity contribution is 0.660. The number of rotatable bonds is 5. The summed E-state index contributed by atoms with van der Waals surface area (Å²) in [5, 5.41) is 11.3. The molecule has 0 N–H and O–H groups in total. The molecule has 1 aliphatic rings. The van der Waals surface area contributed by atoms with Crippen molar-refractivity contribution in [1.82, 2.24) is 15.0 Å². The predicted octanol–water partition coefficient (Wildman–Crippen LogP) is 12.3. The summed E-state index contributed by atoms with van der Waals surface area (Å²) < 4.78 is 6.70. The van der Waals surface area contributed by atoms with Crippen LogP contribution in [0.5, 0.6) is 0 Å². The topological polar surface area (TPSA) is 75.6 Å². The number of aromatic nitrogens is 3. The van der Waals surface area contributed by atoms with Gasteiger partial charge in [-0.05, 0) is 74.8 Å². The Morgan fingerprint density at radius 2 is 1.09 bits per heavy atom. The van der Waals surface area contributed by atoms with Crippen LogP contribution in [0.15, 0.2) is 162 Å². The summed E-state index contributed by atoms with van der Waals surface area (Å²) in [6, 6.07) is 56.1. The Hall–Kier alpha value is -7.16. The van der Waals surface area contributed by atoms with E-state index in [1.807, 2.05) is 72.8 Å². The number of benzene rings is 7. The molecule has 0 unspecified atom stereocenters. The van der Waals surface area contributed by atoms with E-state index in [4.69, 9.17) is 19.4 Å². The molecule has 10 rings (SSSR count). The van der Waals surface area contributed by atoms with E-state index >= 15 is 0 Å². The molecular weight excluding hydrogens is 661 g/mol. The molecule has 0 radical (unpaired) electrons. The summed E-state index contributed by atoms with van der Waals surface area (Å²) in [7, 11) is 0. The van der Waals surface area contributed by atoms with Crippen molar-refractivity contribution in [2.24, 2.45) is 0 Å². The molecule has 0 spiro atoms. The quantitative estimate of drug-likeness (QED) is 0.179. The number of nitriles is 1. The van der Waals surface area contributed by atoms with E-state index < -0.39 is 0 Å². The zero-order chi connectivity index (χ0) is 36.4. The Morgan fingerprint density at radius 3 is 1.87 bits per heavy atom. The molecule has 1 aliphatic carbocycles. The Labute approximate surface area is 312 Å². The van der Waals surface area contributed by atoms with Crippen LogP contribution in [0.25, 0.3) is 89.5 Å². The van der Waals surface area contributed by atoms with Gasteiger partial charge in [0, 0.05) is 27.3 Å². The summed E-state index contributed by atoms with van der Waals surface area (Å²) in [4.78, 5) is 15.6. The maximum Gasteiger partial charge on any atom is 0.168 e. The van der Waals surface area contributed by atoms with Crippen molar-refractivity contribution in [2.75, 3.05) is 0 Å². The highest BCUT2D eigenvalue weighted by atomic mass is 16.3. The Balaban J connectivity index is 1.20. The smallest absolute Gasteiger partial charge is 0.168 e. The summed E-state index contributed by atoms with van der Waals surface area (Å²) >= 11 is 0. The molecule has 0 atom stereocenters. The second-order valence-corrected chi connectivity index (χ2v) is 14.3. The fourth-order valence-electron chi connectivity index (χ4n) is 8.02. The zero-order valence-electron chi connectivity index (χ0n) is 29.7. The summed E-state index contributed by atoms with van der Waals surface area (Å²) in [6.45, 7) is 4.58. The molecule has 0 aliphatic heterocycles. The molecule has 0 bridgehead atoms. The van der Waals surface area contributed by atoms with Crippen molar-refractivity contribution in [2.45, 2.75) is 19.3 Å². The molecule has 0 saturated heterocycles. The number of hydrogen-bond donors (Lipinski definition) is 0. The number of nitrogens with zero attached hydrogens (tertiary/aromatic N) is 4. The normalized spacial score (nSPS) is 12.8. The van der Waals surface area contributed by atoms with Gasteiger partial charge in [-0.3, -0.25) is 0 Å². The van der Waals surface area contributed by atoms with Crippen LogP contribution in [0, 0.1) is 11.3 Å². The van der Waals surface area contributed by atoms with E-state index in [0.717, 1.165) is 60.9 Å². The molecule has 54 heavy (non-hydrogen) atoms. The van der Waals surface area contributed by atoms with Gasteiger partial charge in [-0.25, -0.2) is 15.0 Å². The van der Waals surface area contributed by atoms with Gasteiger partial charge in [-0.1, -0.05) is 141 Å². The van der Waals surface area contributed by atoms with Crippen molar-refractivity contribution < 1.29 is 4.42 Å². The molecule has 254 valence electrons. The minimum absolute atomic E-state index is 0.106. The molecule has 5 nitrogen and oxygen atoms in total. The van der Waals surface area contributed by atoms with E-state index in [9.17, 15) is 5.26 Å². The molecule has 0 fully saturated rings. The van der Waals surface area contributed by atoms with Crippen LogP contribution >= 0.6 is 0 Å². The van der Waals surface area contributed by atoms with Gasteiger partial charge in [0.2, 0.25) is 0 Å². The highest BCUT2D eigenvalue weighted by molar-refractivity contribution is 6.12. The first-order valence-electron chi connectivity index (χ1n) is 18.1. The van der Waals surface area contributed by atoms with Crippen molar-refractivity contribution in [3.63, 3.8) is 0 Å². The highest BCUT2D eigenvalue weighted by Crippen LogP contribution is 2.49. The Bertz CT molecular complexity index is 2950. The van der Waals surface area contributed by atoms with Gasteiger partial charge in [-0.2, -0.15) is 5.26 Å². The van der Waals surface area contributed by atoms with Gasteiger partial charge in [-0.15, -0.1) is 0 Å². The van der Waals surface area contributed by atoms with E-state index in [2.05, 4.69) is 105 Å². The fraction of sp³-hybridized carbons (Fsp3) is 0.0612. The van der Waals surface area contributed by atoms with E-state index in [0.29, 0.717) is 23.0 Å². The minimum atomic E-state index is -0.106. The zero-order valence-corrected chi connectivity index (χ0v) is 29.7. The highest BCUT2D eigenvalue weighted by Gasteiger charge is 2.35. The van der Waals surface area contributed by atoms with Gasteiger partial charge >= 0.3 is 0 Å². The van der Waals surface area contributed by atoms with E-state index in [-0.39, 0.29) is 5.41 Å². The monoisotopic (exact) mass is 692 g/mol. The number of furan rings is 1. The summed E-state index contributed by atoms with van der Waals surface area (Å²) in [5.74, 6) is 1.72. The van der Waals surface area contributed by atoms with Crippen molar-refractivity contribution in [3.8, 4) is 73.6 Å². The van der Waals surface area contributed by atoms with Gasteiger partial charge in [0.15, 0.2) is 17.5 Å². The molecule has 0 saturated carbocycles. The minimum Gasteiger partial charge on any atom is -0.455 e. The van der Waals surface area contributed by atoms with Gasteiger partial charge in [0.25, 0.3) is 0 Å². The molecule has 0 amide bonds. The lowest BCUT2D eigenvalue weighted by Crippen LogP contribution is -2.14. The largest absolute Gasteiger partial charge is 0.455 e. The Kier molecular flexibility index (Phi) is 7.14. The summed E-state index contributed by atoms with van der Waals surface area (Å²) in [6.07, 6.45) is 0. The molecule has 9 aromatic rings. The third kappa shape index (κ3) is 5.03. The average Bonchev–Trinajstić information content (AvgIpc) is 3.72. The second-order valence-electron chi connectivity index (χ2n) is 14.3. The third-order valence-electron chi connectivity index (χ3n) is 10.8. The average molecular weight is 693 g/mol. The fourth-order valence-corrected chi connectivity index (χ4v) is 8.02. The van der Waals surface area contributed by atoms with E-state index in [1.165, 1.54) is 22.3 Å².